The Labute approximate surface area is 168 Å². The Bertz CT molecular complexity index is 819. The second kappa shape index (κ2) is 8.53. The first-order valence-corrected chi connectivity index (χ1v) is 9.30. The lowest BCUT2D eigenvalue weighted by Gasteiger charge is -2.33. The van der Waals surface area contributed by atoms with Gasteiger partial charge in [-0.05, 0) is 60.8 Å². The van der Waals surface area contributed by atoms with Gasteiger partial charge >= 0.3 is 12.4 Å². The van der Waals surface area contributed by atoms with Crippen molar-refractivity contribution in [3.8, 4) is 0 Å². The molecule has 1 aliphatic rings. The van der Waals surface area contributed by atoms with E-state index in [-0.39, 0.29) is 24.3 Å². The van der Waals surface area contributed by atoms with Gasteiger partial charge < -0.3 is 10.1 Å². The molecule has 0 aromatic heterocycles. The van der Waals surface area contributed by atoms with Crippen LogP contribution in [-0.4, -0.2) is 12.6 Å². The van der Waals surface area contributed by atoms with E-state index in [2.05, 4.69) is 5.32 Å². The van der Waals surface area contributed by atoms with Crippen LogP contribution in [0.2, 0.25) is 5.02 Å². The molecular weight excluding hydrogens is 420 g/mol. The quantitative estimate of drug-likeness (QED) is 0.560. The molecular formula is C20H18ClF6NO. The zero-order chi connectivity index (χ0) is 21.2. The molecule has 158 valence electrons. The second-order valence-electron chi connectivity index (χ2n) is 6.89. The number of piperidine rings is 1. The van der Waals surface area contributed by atoms with Gasteiger partial charge in [0.05, 0.1) is 29.9 Å². The molecule has 0 spiro atoms. The lowest BCUT2D eigenvalue weighted by atomic mass is 9.94. The first-order chi connectivity index (χ1) is 13.5. The molecule has 1 heterocycles. The zero-order valence-electron chi connectivity index (χ0n) is 15.1. The van der Waals surface area contributed by atoms with E-state index in [9.17, 15) is 26.3 Å². The summed E-state index contributed by atoms with van der Waals surface area (Å²) in [6.45, 7) is 0.356. The first kappa shape index (κ1) is 21.9. The van der Waals surface area contributed by atoms with Gasteiger partial charge in [-0.3, -0.25) is 0 Å². The lowest BCUT2D eigenvalue weighted by Crippen LogP contribution is -2.39. The van der Waals surface area contributed by atoms with Crippen molar-refractivity contribution < 1.29 is 31.1 Å². The van der Waals surface area contributed by atoms with Crippen LogP contribution in [0.4, 0.5) is 26.3 Å². The number of ether oxygens (including phenoxy) is 1. The van der Waals surface area contributed by atoms with Crippen LogP contribution in [0.15, 0.2) is 42.5 Å². The van der Waals surface area contributed by atoms with Gasteiger partial charge in [0.2, 0.25) is 0 Å². The largest absolute Gasteiger partial charge is 0.416 e. The van der Waals surface area contributed by atoms with E-state index in [0.717, 1.165) is 18.5 Å². The maximum atomic E-state index is 13.0. The Morgan fingerprint density at radius 2 is 1.62 bits per heavy atom. The maximum Gasteiger partial charge on any atom is 0.416 e. The number of alkyl halides is 6. The molecule has 2 aromatic carbocycles. The molecule has 9 heteroatoms. The van der Waals surface area contributed by atoms with Crippen molar-refractivity contribution in [1.82, 2.24) is 5.32 Å². The number of benzene rings is 2. The van der Waals surface area contributed by atoms with Gasteiger partial charge in [-0.15, -0.1) is 0 Å². The second-order valence-corrected chi connectivity index (χ2v) is 7.33. The van der Waals surface area contributed by atoms with Gasteiger partial charge in [0, 0.05) is 5.02 Å². The Balaban J connectivity index is 1.82. The molecule has 29 heavy (non-hydrogen) atoms. The number of hydrogen-bond donors (Lipinski definition) is 1. The van der Waals surface area contributed by atoms with E-state index in [0.29, 0.717) is 23.6 Å². The highest BCUT2D eigenvalue weighted by Crippen LogP contribution is 2.37. The van der Waals surface area contributed by atoms with Crippen LogP contribution in [0, 0.1) is 0 Å². The Morgan fingerprint density at radius 3 is 2.21 bits per heavy atom. The summed E-state index contributed by atoms with van der Waals surface area (Å²) in [5, 5.41) is 3.81. The van der Waals surface area contributed by atoms with Crippen molar-refractivity contribution in [3.63, 3.8) is 0 Å². The SMILES string of the molecule is FC(F)(F)c1cc(CO[C@H]2CCCN[C@H]2c2cccc(Cl)c2)cc(C(F)(F)F)c1. The van der Waals surface area contributed by atoms with Crippen molar-refractivity contribution in [2.24, 2.45) is 0 Å². The summed E-state index contributed by atoms with van der Waals surface area (Å²) >= 11 is 6.02. The molecule has 2 nitrogen and oxygen atoms in total. The molecule has 2 aromatic rings. The molecule has 0 saturated carbocycles. The van der Waals surface area contributed by atoms with Gasteiger partial charge in [0.25, 0.3) is 0 Å². The third-order valence-corrected chi connectivity index (χ3v) is 4.96. The van der Waals surface area contributed by atoms with E-state index in [1.807, 2.05) is 6.07 Å². The fraction of sp³-hybridized carbons (Fsp3) is 0.400. The molecule has 0 aliphatic carbocycles. The maximum absolute atomic E-state index is 13.0. The predicted molar refractivity (Wildman–Crippen MR) is 96.5 cm³/mol. The summed E-state index contributed by atoms with van der Waals surface area (Å²) in [5.41, 5.74) is -2.03. The molecule has 0 bridgehead atoms. The summed E-state index contributed by atoms with van der Waals surface area (Å²) in [6.07, 6.45) is -8.78. The molecule has 0 radical (unpaired) electrons. The highest BCUT2D eigenvalue weighted by molar-refractivity contribution is 6.30. The molecule has 0 amide bonds. The lowest BCUT2D eigenvalue weighted by molar-refractivity contribution is -0.143. The fourth-order valence-electron chi connectivity index (χ4n) is 3.38. The van der Waals surface area contributed by atoms with Crippen LogP contribution in [0.5, 0.6) is 0 Å². The van der Waals surface area contributed by atoms with Crippen LogP contribution < -0.4 is 5.32 Å². The number of halogens is 7. The number of rotatable bonds is 4. The zero-order valence-corrected chi connectivity index (χ0v) is 15.8. The van der Waals surface area contributed by atoms with Crippen molar-refractivity contribution in [2.45, 2.75) is 43.9 Å². The average Bonchev–Trinajstić information content (AvgIpc) is 2.65. The predicted octanol–water partition coefficient (Wildman–Crippen LogP) is 6.39. The third kappa shape index (κ3) is 5.65. The highest BCUT2D eigenvalue weighted by atomic mass is 35.5. The van der Waals surface area contributed by atoms with E-state index in [1.54, 1.807) is 18.2 Å². The minimum atomic E-state index is -4.88. The molecule has 1 N–H and O–H groups in total. The summed E-state index contributed by atoms with van der Waals surface area (Å²) in [4.78, 5) is 0. The summed E-state index contributed by atoms with van der Waals surface area (Å²) in [7, 11) is 0. The van der Waals surface area contributed by atoms with Crippen molar-refractivity contribution in [3.05, 3.63) is 69.7 Å². The van der Waals surface area contributed by atoms with E-state index >= 15 is 0 Å². The molecule has 0 unspecified atom stereocenters. The normalized spacial score (nSPS) is 20.7. The number of nitrogens with one attached hydrogen (secondary N) is 1. The topological polar surface area (TPSA) is 21.3 Å². The fourth-order valence-corrected chi connectivity index (χ4v) is 3.58. The smallest absolute Gasteiger partial charge is 0.372 e. The van der Waals surface area contributed by atoms with Crippen molar-refractivity contribution >= 4 is 11.6 Å². The Hall–Kier alpha value is -1.77. The van der Waals surface area contributed by atoms with Gasteiger partial charge in [-0.25, -0.2) is 0 Å². The molecule has 1 saturated heterocycles. The van der Waals surface area contributed by atoms with Crippen LogP contribution in [0.3, 0.4) is 0 Å². The van der Waals surface area contributed by atoms with Gasteiger partial charge in [0.1, 0.15) is 0 Å². The monoisotopic (exact) mass is 437 g/mol. The Kier molecular flexibility index (Phi) is 6.45. The van der Waals surface area contributed by atoms with Crippen LogP contribution in [0.1, 0.15) is 41.1 Å². The first-order valence-electron chi connectivity index (χ1n) is 8.93. The van der Waals surface area contributed by atoms with Crippen LogP contribution in [-0.2, 0) is 23.7 Å². The summed E-state index contributed by atoms with van der Waals surface area (Å²) in [6, 6.07) is 8.33. The van der Waals surface area contributed by atoms with Gasteiger partial charge in [-0.1, -0.05) is 23.7 Å². The third-order valence-electron chi connectivity index (χ3n) is 4.72. The average molecular weight is 438 g/mol. The summed E-state index contributed by atoms with van der Waals surface area (Å²) < 4.78 is 83.9. The van der Waals surface area contributed by atoms with Crippen LogP contribution in [0.25, 0.3) is 0 Å². The minimum absolute atomic E-state index is 0.112. The highest BCUT2D eigenvalue weighted by Gasteiger charge is 2.37. The standard InChI is InChI=1S/C20H18ClF6NO/c21-16-4-1-3-13(9-16)18-17(5-2-6-28-18)29-11-12-7-14(19(22,23)24)10-15(8-12)20(25,26)27/h1,3-4,7-10,17-18,28H,2,5-6,11H2/t17-,18-/m0/s1. The molecule has 3 rings (SSSR count). The minimum Gasteiger partial charge on any atom is -0.372 e. The van der Waals surface area contributed by atoms with Crippen LogP contribution >= 0.6 is 11.6 Å². The van der Waals surface area contributed by atoms with Crippen molar-refractivity contribution in [2.75, 3.05) is 6.54 Å². The summed E-state index contributed by atoms with van der Waals surface area (Å²) in [5.74, 6) is 0. The molecule has 2 atom stereocenters. The van der Waals surface area contributed by atoms with Gasteiger partial charge in [0.15, 0.2) is 0 Å². The molecule has 1 aliphatic heterocycles. The van der Waals surface area contributed by atoms with Crippen molar-refractivity contribution in [1.29, 1.82) is 0 Å². The van der Waals surface area contributed by atoms with E-state index < -0.39 is 29.6 Å². The van der Waals surface area contributed by atoms with E-state index in [4.69, 9.17) is 16.3 Å². The molecule has 1 fully saturated rings. The van der Waals surface area contributed by atoms with Gasteiger partial charge in [-0.2, -0.15) is 26.3 Å². The van der Waals surface area contributed by atoms with E-state index in [1.165, 1.54) is 0 Å². The number of hydrogen-bond acceptors (Lipinski definition) is 2. The Morgan fingerprint density at radius 1 is 0.966 bits per heavy atom.